The number of nitrogen functional groups attached to an aromatic ring is 1. The Balaban J connectivity index is 2.65. The number of rotatable bonds is 2. The van der Waals surface area contributed by atoms with Crippen LogP contribution in [0, 0.1) is 4.91 Å². The van der Waals surface area contributed by atoms with Crippen molar-refractivity contribution in [3.05, 3.63) is 25.7 Å². The molecule has 1 saturated carbocycles. The van der Waals surface area contributed by atoms with E-state index in [1.54, 1.807) is 0 Å². The van der Waals surface area contributed by atoms with Gasteiger partial charge in [-0.15, -0.1) is 4.91 Å². The number of anilines is 1. The molecule has 2 rings (SSSR count). The molecule has 1 heterocycles. The topological polar surface area (TPSA) is 110 Å². The Bertz CT molecular complexity index is 525. The van der Waals surface area contributed by atoms with E-state index in [1.165, 1.54) is 0 Å². The first-order chi connectivity index (χ1) is 7.65. The normalized spacial score (nSPS) is 16.5. The van der Waals surface area contributed by atoms with Gasteiger partial charge in [-0.05, 0) is 18.0 Å². The molecule has 1 aromatic rings. The average Bonchev–Trinajstić information content (AvgIpc) is 2.70. The van der Waals surface area contributed by atoms with E-state index in [1.807, 2.05) is 0 Å². The lowest BCUT2D eigenvalue weighted by Crippen LogP contribution is -2.37. The summed E-state index contributed by atoms with van der Waals surface area (Å²) in [6.07, 6.45) is 3.49. The summed E-state index contributed by atoms with van der Waals surface area (Å²) in [5.41, 5.74) is 3.67. The van der Waals surface area contributed by atoms with Gasteiger partial charge in [0.25, 0.3) is 5.56 Å². The van der Waals surface area contributed by atoms with Gasteiger partial charge in [0.1, 0.15) is 5.82 Å². The highest BCUT2D eigenvalue weighted by molar-refractivity contribution is 5.54. The fraction of sp³-hybridized carbons (Fsp3) is 0.556. The molecule has 0 aliphatic heterocycles. The monoisotopic (exact) mass is 224 g/mol. The van der Waals surface area contributed by atoms with Crippen LogP contribution < -0.4 is 17.0 Å². The molecule has 7 nitrogen and oxygen atoms in total. The lowest BCUT2D eigenvalue weighted by molar-refractivity contribution is 0.480. The second-order valence-corrected chi connectivity index (χ2v) is 3.90. The molecule has 1 aliphatic carbocycles. The maximum atomic E-state index is 11.8. The van der Waals surface area contributed by atoms with Gasteiger partial charge in [0.2, 0.25) is 5.69 Å². The zero-order chi connectivity index (χ0) is 11.7. The summed E-state index contributed by atoms with van der Waals surface area (Å²) in [7, 11) is 0. The van der Waals surface area contributed by atoms with Gasteiger partial charge in [0, 0.05) is 6.04 Å². The average molecular weight is 224 g/mol. The van der Waals surface area contributed by atoms with Crippen molar-refractivity contribution in [2.24, 2.45) is 5.18 Å². The molecular formula is C9H12N4O3. The first-order valence-corrected chi connectivity index (χ1v) is 5.13. The molecular weight excluding hydrogens is 212 g/mol. The Morgan fingerprint density at radius 1 is 1.31 bits per heavy atom. The third-order valence-corrected chi connectivity index (χ3v) is 2.92. The van der Waals surface area contributed by atoms with Crippen LogP contribution in [0.25, 0.3) is 0 Å². The highest BCUT2D eigenvalue weighted by Crippen LogP contribution is 2.27. The minimum absolute atomic E-state index is 0.141. The van der Waals surface area contributed by atoms with Crippen LogP contribution in [0.1, 0.15) is 31.7 Å². The van der Waals surface area contributed by atoms with Crippen LogP contribution in [0.4, 0.5) is 11.5 Å². The van der Waals surface area contributed by atoms with Gasteiger partial charge in [-0.25, -0.2) is 4.79 Å². The van der Waals surface area contributed by atoms with Crippen LogP contribution in [0.3, 0.4) is 0 Å². The van der Waals surface area contributed by atoms with Gasteiger partial charge in [-0.3, -0.25) is 14.3 Å². The summed E-state index contributed by atoms with van der Waals surface area (Å²) >= 11 is 0. The molecule has 0 saturated heterocycles. The zero-order valence-electron chi connectivity index (χ0n) is 8.60. The summed E-state index contributed by atoms with van der Waals surface area (Å²) in [6.45, 7) is 0. The van der Waals surface area contributed by atoms with Crippen LogP contribution >= 0.6 is 0 Å². The Morgan fingerprint density at radius 2 is 1.94 bits per heavy atom. The molecule has 0 unspecified atom stereocenters. The molecule has 0 atom stereocenters. The predicted molar refractivity (Wildman–Crippen MR) is 58.7 cm³/mol. The lowest BCUT2D eigenvalue weighted by atomic mass is 10.2. The van der Waals surface area contributed by atoms with E-state index < -0.39 is 16.9 Å². The smallest absolute Gasteiger partial charge is 0.330 e. The first kappa shape index (κ1) is 10.6. The highest BCUT2D eigenvalue weighted by Gasteiger charge is 2.23. The zero-order valence-corrected chi connectivity index (χ0v) is 8.60. The standard InChI is InChI=1S/C9H12N4O3/c10-7-6(12-16)8(14)13(9(15)11-7)5-3-1-2-4-5/h5H,1-4,10H2,(H,11,15). The maximum Gasteiger partial charge on any atom is 0.330 e. The lowest BCUT2D eigenvalue weighted by Gasteiger charge is -2.12. The van der Waals surface area contributed by atoms with Crippen LogP contribution in [0.2, 0.25) is 0 Å². The third kappa shape index (κ3) is 1.54. The highest BCUT2D eigenvalue weighted by atomic mass is 16.3. The fourth-order valence-corrected chi connectivity index (χ4v) is 2.14. The SMILES string of the molecule is Nc1[nH]c(=O)n(C2CCCC2)c(=O)c1N=O. The number of aromatic nitrogens is 2. The molecule has 0 bridgehead atoms. The van der Waals surface area contributed by atoms with E-state index in [0.717, 1.165) is 30.3 Å². The van der Waals surface area contributed by atoms with E-state index in [4.69, 9.17) is 5.73 Å². The number of hydrogen-bond donors (Lipinski definition) is 2. The van der Waals surface area contributed by atoms with Crippen molar-refractivity contribution in [2.45, 2.75) is 31.7 Å². The summed E-state index contributed by atoms with van der Waals surface area (Å²) in [4.78, 5) is 36.1. The molecule has 16 heavy (non-hydrogen) atoms. The summed E-state index contributed by atoms with van der Waals surface area (Å²) in [5.74, 6) is -0.265. The Kier molecular flexibility index (Phi) is 2.59. The minimum Gasteiger partial charge on any atom is -0.383 e. The van der Waals surface area contributed by atoms with Crippen molar-refractivity contribution in [1.29, 1.82) is 0 Å². The Hall–Kier alpha value is -1.92. The number of aromatic amines is 1. The van der Waals surface area contributed by atoms with E-state index in [0.29, 0.717) is 0 Å². The Labute approximate surface area is 90.3 Å². The molecule has 1 aliphatic rings. The van der Waals surface area contributed by atoms with Crippen molar-refractivity contribution in [2.75, 3.05) is 5.73 Å². The van der Waals surface area contributed by atoms with Gasteiger partial charge in [0.05, 0.1) is 0 Å². The number of nitrogens with two attached hydrogens (primary N) is 1. The van der Waals surface area contributed by atoms with Gasteiger partial charge >= 0.3 is 5.69 Å². The van der Waals surface area contributed by atoms with Crippen molar-refractivity contribution in [1.82, 2.24) is 9.55 Å². The molecule has 0 aromatic carbocycles. The number of H-pyrrole nitrogens is 1. The van der Waals surface area contributed by atoms with E-state index in [2.05, 4.69) is 10.2 Å². The number of nitrogens with one attached hydrogen (secondary N) is 1. The predicted octanol–water partition coefficient (Wildman–Crippen LogP) is 0.632. The molecule has 0 spiro atoms. The summed E-state index contributed by atoms with van der Waals surface area (Å²) in [5, 5.41) is 2.56. The van der Waals surface area contributed by atoms with Crippen LogP contribution in [-0.2, 0) is 0 Å². The first-order valence-electron chi connectivity index (χ1n) is 5.13. The molecule has 86 valence electrons. The molecule has 1 aromatic heterocycles. The largest absolute Gasteiger partial charge is 0.383 e. The van der Waals surface area contributed by atoms with E-state index in [9.17, 15) is 14.5 Å². The molecule has 0 amide bonds. The van der Waals surface area contributed by atoms with Crippen LogP contribution in [0.5, 0.6) is 0 Å². The number of nitrogens with zero attached hydrogens (tertiary/aromatic N) is 2. The number of nitroso groups, excluding NO2 is 1. The third-order valence-electron chi connectivity index (χ3n) is 2.92. The fourth-order valence-electron chi connectivity index (χ4n) is 2.14. The van der Waals surface area contributed by atoms with Gasteiger partial charge < -0.3 is 5.73 Å². The second-order valence-electron chi connectivity index (χ2n) is 3.90. The van der Waals surface area contributed by atoms with Crippen molar-refractivity contribution < 1.29 is 0 Å². The second kappa shape index (κ2) is 3.92. The molecule has 7 heteroatoms. The molecule has 1 fully saturated rings. The summed E-state index contributed by atoms with van der Waals surface area (Å²) in [6, 6.07) is -0.141. The van der Waals surface area contributed by atoms with E-state index >= 15 is 0 Å². The molecule has 0 radical (unpaired) electrons. The van der Waals surface area contributed by atoms with Crippen LogP contribution in [0.15, 0.2) is 14.8 Å². The van der Waals surface area contributed by atoms with E-state index in [-0.39, 0.29) is 11.9 Å². The van der Waals surface area contributed by atoms with Crippen molar-refractivity contribution in [3.8, 4) is 0 Å². The Morgan fingerprint density at radius 3 is 2.50 bits per heavy atom. The van der Waals surface area contributed by atoms with Crippen molar-refractivity contribution >= 4 is 11.5 Å². The summed E-state index contributed by atoms with van der Waals surface area (Å²) < 4.78 is 1.06. The quantitative estimate of drug-likeness (QED) is 0.717. The van der Waals surface area contributed by atoms with Crippen LogP contribution in [-0.4, -0.2) is 9.55 Å². The number of hydrogen-bond acceptors (Lipinski definition) is 5. The van der Waals surface area contributed by atoms with Crippen molar-refractivity contribution in [3.63, 3.8) is 0 Å². The van der Waals surface area contributed by atoms with Gasteiger partial charge in [-0.2, -0.15) is 0 Å². The van der Waals surface area contributed by atoms with Gasteiger partial charge in [0.15, 0.2) is 0 Å². The maximum absolute atomic E-state index is 11.8. The minimum atomic E-state index is -0.692. The molecule has 3 N–H and O–H groups in total. The van der Waals surface area contributed by atoms with Gasteiger partial charge in [-0.1, -0.05) is 12.8 Å².